The number of para-hydroxylation sites is 1. The highest BCUT2D eigenvalue weighted by atomic mass is 32.1. The summed E-state index contributed by atoms with van der Waals surface area (Å²) in [5.41, 5.74) is 0.578. The number of nitrogens with zero attached hydrogens (tertiary/aromatic N) is 1. The van der Waals surface area contributed by atoms with Crippen molar-refractivity contribution in [3.8, 4) is 0 Å². The third-order valence-electron chi connectivity index (χ3n) is 4.78. The molecule has 1 aromatic rings. The van der Waals surface area contributed by atoms with Crippen LogP contribution in [0.4, 0.5) is 5.69 Å². The molecule has 130 valence electrons. The number of rotatable bonds is 3. The molecule has 0 unspecified atom stereocenters. The Labute approximate surface area is 151 Å². The van der Waals surface area contributed by atoms with Crippen LogP contribution in [0, 0.1) is 0 Å². The molecule has 0 aliphatic heterocycles. The largest absolute Gasteiger partial charge is 0.311 e. The molecule has 5 heteroatoms. The summed E-state index contributed by atoms with van der Waals surface area (Å²) in [4.78, 5) is 0.694. The van der Waals surface area contributed by atoms with Crippen LogP contribution in [0.15, 0.2) is 29.2 Å². The number of hydrogen-bond acceptors (Lipinski definition) is 5. The third-order valence-corrected chi connectivity index (χ3v) is 5.37. The molecule has 2 saturated carbocycles. The summed E-state index contributed by atoms with van der Waals surface area (Å²) in [6.45, 7) is 0. The molecule has 2 fully saturated rings. The monoisotopic (exact) mass is 354 g/mol. The molecule has 0 bridgehead atoms. The second-order valence-electron chi connectivity index (χ2n) is 6.61. The molecule has 1 aromatic carbocycles. The molecule has 3 nitrogen and oxygen atoms in total. The normalized spacial score (nSPS) is 19.8. The predicted octanol–water partition coefficient (Wildman–Crippen LogP) is 5.26. The van der Waals surface area contributed by atoms with Crippen molar-refractivity contribution in [1.82, 2.24) is 5.32 Å². The van der Waals surface area contributed by atoms with E-state index in [1.54, 1.807) is 18.2 Å². The molecule has 0 aromatic heterocycles. The average molecular weight is 355 g/mol. The summed E-state index contributed by atoms with van der Waals surface area (Å²) in [6, 6.07) is 8.87. The van der Waals surface area contributed by atoms with E-state index in [4.69, 9.17) is 5.21 Å². The van der Waals surface area contributed by atoms with Crippen LogP contribution in [-0.4, -0.2) is 17.3 Å². The molecule has 2 aliphatic rings. The molecule has 3 rings (SSSR count). The van der Waals surface area contributed by atoms with Crippen LogP contribution in [0.1, 0.15) is 64.2 Å². The summed E-state index contributed by atoms with van der Waals surface area (Å²) >= 11 is 7.78. The molecule has 0 spiro atoms. The molecule has 0 radical (unpaired) electrons. The van der Waals surface area contributed by atoms with Gasteiger partial charge in [0.25, 0.3) is 0 Å². The third kappa shape index (κ3) is 6.96. The lowest BCUT2D eigenvalue weighted by Gasteiger charge is -2.30. The molecule has 0 amide bonds. The number of benzene rings is 1. The van der Waals surface area contributed by atoms with Crippen molar-refractivity contribution in [2.24, 2.45) is 0 Å². The molecule has 0 saturated heterocycles. The van der Waals surface area contributed by atoms with Gasteiger partial charge in [0.15, 0.2) is 0 Å². The number of hydrogen-bond donors (Lipinski definition) is 4. The standard InChI is InChI=1S/C12H23N.C6H7NOS2/c1-3-7-11(8-4-1)13-12-9-5-2-6-10-12;8-7(10)5-3-1-2-4-6(5)9/h11-13H,1-10H2;1-4,8-10H. The first-order valence-electron chi connectivity index (χ1n) is 8.88. The fraction of sp³-hybridized carbons (Fsp3) is 0.667. The lowest BCUT2D eigenvalue weighted by atomic mass is 9.91. The Kier molecular flexibility index (Phi) is 8.66. The van der Waals surface area contributed by atoms with Gasteiger partial charge in [-0.2, -0.15) is 0 Å². The van der Waals surface area contributed by atoms with Gasteiger partial charge in [0.2, 0.25) is 0 Å². The quantitative estimate of drug-likeness (QED) is 0.442. The zero-order valence-electron chi connectivity index (χ0n) is 13.8. The second-order valence-corrected chi connectivity index (χ2v) is 7.48. The van der Waals surface area contributed by atoms with Gasteiger partial charge in [-0.15, -0.1) is 12.6 Å². The van der Waals surface area contributed by atoms with E-state index < -0.39 is 0 Å². The summed E-state index contributed by atoms with van der Waals surface area (Å²) in [5.74, 6) is 0. The van der Waals surface area contributed by atoms with Gasteiger partial charge < -0.3 is 5.32 Å². The zero-order valence-corrected chi connectivity index (χ0v) is 15.6. The van der Waals surface area contributed by atoms with E-state index >= 15 is 0 Å². The van der Waals surface area contributed by atoms with E-state index in [0.717, 1.165) is 16.6 Å². The smallest absolute Gasteiger partial charge is 0.0894 e. The minimum atomic E-state index is 0.578. The van der Waals surface area contributed by atoms with Gasteiger partial charge >= 0.3 is 0 Å². The van der Waals surface area contributed by atoms with Crippen LogP contribution < -0.4 is 9.79 Å². The maximum absolute atomic E-state index is 8.85. The number of nitrogens with one attached hydrogen (secondary N) is 1. The van der Waals surface area contributed by atoms with Crippen LogP contribution in [0.5, 0.6) is 0 Å². The molecule has 0 atom stereocenters. The van der Waals surface area contributed by atoms with Gasteiger partial charge in [-0.3, -0.25) is 5.21 Å². The molecule has 2 aliphatic carbocycles. The SMILES string of the molecule is C1CCC(NC2CCCCC2)CC1.ON(S)c1ccccc1S. The minimum Gasteiger partial charge on any atom is -0.311 e. The summed E-state index contributed by atoms with van der Waals surface area (Å²) in [7, 11) is 0. The van der Waals surface area contributed by atoms with Gasteiger partial charge in [0, 0.05) is 17.0 Å². The molecular formula is C18H30N2OS2. The summed E-state index contributed by atoms with van der Waals surface area (Å²) < 4.78 is 0.738. The first-order valence-corrected chi connectivity index (χ1v) is 9.73. The van der Waals surface area contributed by atoms with Gasteiger partial charge in [0.1, 0.15) is 0 Å². The lowest BCUT2D eigenvalue weighted by molar-refractivity contribution is 0.291. The van der Waals surface area contributed by atoms with Crippen LogP contribution in [0.3, 0.4) is 0 Å². The van der Waals surface area contributed by atoms with Gasteiger partial charge in [0.05, 0.1) is 5.69 Å². The topological polar surface area (TPSA) is 35.5 Å². The lowest BCUT2D eigenvalue weighted by Crippen LogP contribution is -2.40. The molecular weight excluding hydrogens is 324 g/mol. The van der Waals surface area contributed by atoms with Crippen LogP contribution in [-0.2, 0) is 0 Å². The minimum absolute atomic E-state index is 0.578. The fourth-order valence-corrected chi connectivity index (χ4v) is 4.01. The highest BCUT2D eigenvalue weighted by molar-refractivity contribution is 7.82. The van der Waals surface area contributed by atoms with Crippen molar-refractivity contribution in [2.45, 2.75) is 81.2 Å². The van der Waals surface area contributed by atoms with Gasteiger partial charge in [-0.05, 0) is 50.6 Å². The Bertz CT molecular complexity index is 428. The Morgan fingerprint density at radius 1 is 0.870 bits per heavy atom. The van der Waals surface area contributed by atoms with E-state index in [0.29, 0.717) is 10.6 Å². The number of thiol groups is 2. The van der Waals surface area contributed by atoms with Crippen molar-refractivity contribution < 1.29 is 5.21 Å². The van der Waals surface area contributed by atoms with Crippen molar-refractivity contribution in [1.29, 1.82) is 0 Å². The predicted molar refractivity (Wildman–Crippen MR) is 104 cm³/mol. The fourth-order valence-electron chi connectivity index (χ4n) is 3.51. The second kappa shape index (κ2) is 10.5. The number of anilines is 1. The van der Waals surface area contributed by atoms with Crippen molar-refractivity contribution in [2.75, 3.05) is 4.47 Å². The van der Waals surface area contributed by atoms with Gasteiger partial charge in [-0.1, -0.05) is 50.7 Å². The Morgan fingerprint density at radius 3 is 1.74 bits per heavy atom. The average Bonchev–Trinajstić information content (AvgIpc) is 2.57. The van der Waals surface area contributed by atoms with Crippen molar-refractivity contribution >= 4 is 31.1 Å². The van der Waals surface area contributed by atoms with E-state index in [2.05, 4.69) is 30.8 Å². The van der Waals surface area contributed by atoms with Crippen LogP contribution in [0.25, 0.3) is 0 Å². The van der Waals surface area contributed by atoms with E-state index in [1.165, 1.54) is 64.2 Å². The van der Waals surface area contributed by atoms with Crippen molar-refractivity contribution in [3.63, 3.8) is 0 Å². The summed E-state index contributed by atoms with van der Waals surface area (Å²) in [6.07, 6.45) is 14.6. The zero-order chi connectivity index (χ0) is 16.5. The Hall–Kier alpha value is -0.360. The molecule has 2 N–H and O–H groups in total. The van der Waals surface area contributed by atoms with Crippen LogP contribution in [0.2, 0.25) is 0 Å². The Balaban J connectivity index is 0.000000174. The van der Waals surface area contributed by atoms with E-state index in [1.807, 2.05) is 6.07 Å². The summed E-state index contributed by atoms with van der Waals surface area (Å²) in [5, 5.41) is 12.7. The molecule has 0 heterocycles. The maximum atomic E-state index is 8.85. The van der Waals surface area contributed by atoms with E-state index in [-0.39, 0.29) is 0 Å². The van der Waals surface area contributed by atoms with E-state index in [9.17, 15) is 0 Å². The first kappa shape index (κ1) is 19.0. The highest BCUT2D eigenvalue weighted by Gasteiger charge is 2.19. The van der Waals surface area contributed by atoms with Crippen LogP contribution >= 0.6 is 25.4 Å². The Morgan fingerprint density at radius 2 is 1.35 bits per heavy atom. The van der Waals surface area contributed by atoms with Gasteiger partial charge in [-0.25, -0.2) is 4.47 Å². The highest BCUT2D eigenvalue weighted by Crippen LogP contribution is 2.23. The maximum Gasteiger partial charge on any atom is 0.0894 e. The van der Waals surface area contributed by atoms with Crippen molar-refractivity contribution in [3.05, 3.63) is 24.3 Å². The molecule has 23 heavy (non-hydrogen) atoms. The first-order chi connectivity index (χ1) is 11.2.